The number of primary amides is 1. The first kappa shape index (κ1) is 18.1. The van der Waals surface area contributed by atoms with E-state index in [1.54, 1.807) is 12.1 Å². The van der Waals surface area contributed by atoms with E-state index in [1.807, 2.05) is 12.1 Å². The minimum atomic E-state index is -0.461. The largest absolute Gasteiger partial charge is 0.365 e. The second-order valence-electron chi connectivity index (χ2n) is 6.43. The Kier molecular flexibility index (Phi) is 5.59. The van der Waals surface area contributed by atoms with Crippen molar-refractivity contribution in [2.75, 3.05) is 5.32 Å². The first-order valence-electron chi connectivity index (χ1n) is 8.50. The van der Waals surface area contributed by atoms with E-state index in [0.29, 0.717) is 22.0 Å². The van der Waals surface area contributed by atoms with Crippen LogP contribution in [0.5, 0.6) is 0 Å². The fourth-order valence-corrected chi connectivity index (χ4v) is 5.06. The van der Waals surface area contributed by atoms with Crippen LogP contribution in [0.15, 0.2) is 28.7 Å². The molecule has 0 bridgehead atoms. The monoisotopic (exact) mass is 420 g/mol. The molecular weight excluding hydrogens is 400 g/mol. The molecule has 4 nitrogen and oxygen atoms in total. The molecule has 2 aromatic rings. The van der Waals surface area contributed by atoms with Crippen LogP contribution in [0.2, 0.25) is 0 Å². The van der Waals surface area contributed by atoms with Gasteiger partial charge in [-0.15, -0.1) is 11.3 Å². The topological polar surface area (TPSA) is 72.2 Å². The Morgan fingerprint density at radius 1 is 1.32 bits per heavy atom. The summed E-state index contributed by atoms with van der Waals surface area (Å²) in [5.74, 6) is -0.0249. The second kappa shape index (κ2) is 7.70. The standard InChI is InChI=1S/C19H21BrN2O2S/c1-2-3-11-4-9-14-15(10-11)25-19(16(14)17(21)23)22-18(24)12-5-7-13(20)8-6-12/h5-8,11H,2-4,9-10H2,1H3,(H2,21,23)(H,22,24)/t11-/m1/s1. The van der Waals surface area contributed by atoms with E-state index in [4.69, 9.17) is 5.73 Å². The highest BCUT2D eigenvalue weighted by Gasteiger charge is 2.28. The fourth-order valence-electron chi connectivity index (χ4n) is 3.43. The van der Waals surface area contributed by atoms with Gasteiger partial charge in [-0.2, -0.15) is 0 Å². The van der Waals surface area contributed by atoms with E-state index in [-0.39, 0.29) is 5.91 Å². The van der Waals surface area contributed by atoms with Crippen molar-refractivity contribution in [1.82, 2.24) is 0 Å². The van der Waals surface area contributed by atoms with Gasteiger partial charge in [0.25, 0.3) is 11.8 Å². The first-order chi connectivity index (χ1) is 12.0. The molecule has 0 unspecified atom stereocenters. The molecule has 2 amide bonds. The van der Waals surface area contributed by atoms with E-state index in [1.165, 1.54) is 29.1 Å². The SMILES string of the molecule is CCC[C@@H]1CCc2c(sc(NC(=O)c3ccc(Br)cc3)c2C(N)=O)C1. The molecule has 1 aromatic heterocycles. The maximum Gasteiger partial charge on any atom is 0.256 e. The Morgan fingerprint density at radius 3 is 2.68 bits per heavy atom. The quantitative estimate of drug-likeness (QED) is 0.730. The third kappa shape index (κ3) is 3.96. The number of thiophene rings is 1. The Hall–Kier alpha value is -1.66. The summed E-state index contributed by atoms with van der Waals surface area (Å²) in [6, 6.07) is 7.12. The summed E-state index contributed by atoms with van der Waals surface area (Å²) in [5, 5.41) is 3.48. The molecule has 0 fully saturated rings. The molecule has 1 heterocycles. The van der Waals surface area contributed by atoms with Crippen LogP contribution < -0.4 is 11.1 Å². The van der Waals surface area contributed by atoms with Crippen LogP contribution in [0.1, 0.15) is 57.3 Å². The minimum Gasteiger partial charge on any atom is -0.365 e. The maximum absolute atomic E-state index is 12.5. The number of fused-ring (bicyclic) bond motifs is 1. The number of rotatable bonds is 5. The molecule has 3 N–H and O–H groups in total. The molecule has 0 radical (unpaired) electrons. The van der Waals surface area contributed by atoms with Crippen molar-refractivity contribution in [1.29, 1.82) is 0 Å². The summed E-state index contributed by atoms with van der Waals surface area (Å²) in [5.41, 5.74) is 7.71. The molecule has 1 aliphatic carbocycles. The molecule has 0 saturated carbocycles. The van der Waals surface area contributed by atoms with Crippen LogP contribution in [0.4, 0.5) is 5.00 Å². The molecule has 1 aromatic carbocycles. The number of benzene rings is 1. The van der Waals surface area contributed by atoms with Crippen LogP contribution in [-0.2, 0) is 12.8 Å². The van der Waals surface area contributed by atoms with Gasteiger partial charge in [0.2, 0.25) is 0 Å². The summed E-state index contributed by atoms with van der Waals surface area (Å²) in [7, 11) is 0. The van der Waals surface area contributed by atoms with Crippen LogP contribution in [0.25, 0.3) is 0 Å². The highest BCUT2D eigenvalue weighted by Crippen LogP contribution is 2.40. The number of carbonyl (C=O) groups is 2. The van der Waals surface area contributed by atoms with Crippen molar-refractivity contribution in [3.8, 4) is 0 Å². The van der Waals surface area contributed by atoms with Gasteiger partial charge < -0.3 is 11.1 Å². The number of nitrogens with one attached hydrogen (secondary N) is 1. The number of amides is 2. The highest BCUT2D eigenvalue weighted by atomic mass is 79.9. The van der Waals surface area contributed by atoms with Gasteiger partial charge in [-0.25, -0.2) is 0 Å². The molecule has 3 rings (SSSR count). The lowest BCUT2D eigenvalue weighted by atomic mass is 9.84. The van der Waals surface area contributed by atoms with Crippen LogP contribution in [0.3, 0.4) is 0 Å². The predicted molar refractivity (Wildman–Crippen MR) is 105 cm³/mol. The minimum absolute atomic E-state index is 0.223. The molecule has 0 spiro atoms. The normalized spacial score (nSPS) is 16.3. The van der Waals surface area contributed by atoms with Crippen molar-refractivity contribution >= 4 is 44.1 Å². The van der Waals surface area contributed by atoms with Crippen molar-refractivity contribution in [2.45, 2.75) is 39.0 Å². The molecule has 1 aliphatic rings. The van der Waals surface area contributed by atoms with Gasteiger partial charge >= 0.3 is 0 Å². The Bertz CT molecular complexity index is 799. The zero-order valence-electron chi connectivity index (χ0n) is 14.1. The number of hydrogen-bond donors (Lipinski definition) is 2. The average Bonchev–Trinajstić information content (AvgIpc) is 2.92. The molecule has 6 heteroatoms. The molecule has 0 aliphatic heterocycles. The number of hydrogen-bond acceptors (Lipinski definition) is 3. The summed E-state index contributed by atoms with van der Waals surface area (Å²) < 4.78 is 0.912. The third-order valence-electron chi connectivity index (χ3n) is 4.64. The smallest absolute Gasteiger partial charge is 0.256 e. The lowest BCUT2D eigenvalue weighted by Crippen LogP contribution is -2.20. The van der Waals surface area contributed by atoms with Gasteiger partial charge in [0.05, 0.1) is 5.56 Å². The second-order valence-corrected chi connectivity index (χ2v) is 8.45. The maximum atomic E-state index is 12.5. The summed E-state index contributed by atoms with van der Waals surface area (Å²) in [4.78, 5) is 25.7. The number of carbonyl (C=O) groups excluding carboxylic acids is 2. The van der Waals surface area contributed by atoms with Crippen molar-refractivity contribution in [3.05, 3.63) is 50.3 Å². The number of nitrogens with two attached hydrogens (primary N) is 1. The Balaban J connectivity index is 1.87. The van der Waals surface area contributed by atoms with Crippen LogP contribution in [-0.4, -0.2) is 11.8 Å². The van der Waals surface area contributed by atoms with E-state index in [9.17, 15) is 9.59 Å². The Morgan fingerprint density at radius 2 is 2.04 bits per heavy atom. The number of anilines is 1. The van der Waals surface area contributed by atoms with Crippen LogP contribution in [0, 0.1) is 5.92 Å². The molecule has 0 saturated heterocycles. The highest BCUT2D eigenvalue weighted by molar-refractivity contribution is 9.10. The lowest BCUT2D eigenvalue weighted by molar-refractivity contribution is 0.1000. The van der Waals surface area contributed by atoms with Gasteiger partial charge in [-0.05, 0) is 55.0 Å². The summed E-state index contributed by atoms with van der Waals surface area (Å²) >= 11 is 4.86. The van der Waals surface area contributed by atoms with Crippen LogP contribution >= 0.6 is 27.3 Å². The number of halogens is 1. The Labute approximate surface area is 159 Å². The van der Waals surface area contributed by atoms with Gasteiger partial charge in [-0.1, -0.05) is 35.7 Å². The summed E-state index contributed by atoms with van der Waals surface area (Å²) in [6.07, 6.45) is 5.29. The first-order valence-corrected chi connectivity index (χ1v) is 10.1. The predicted octanol–water partition coefficient (Wildman–Crippen LogP) is 4.77. The molecule has 132 valence electrons. The van der Waals surface area contributed by atoms with Gasteiger partial charge in [0.15, 0.2) is 0 Å². The van der Waals surface area contributed by atoms with Crippen molar-refractivity contribution in [3.63, 3.8) is 0 Å². The van der Waals surface area contributed by atoms with Crippen molar-refractivity contribution in [2.24, 2.45) is 11.7 Å². The van der Waals surface area contributed by atoms with E-state index in [0.717, 1.165) is 29.3 Å². The van der Waals surface area contributed by atoms with E-state index >= 15 is 0 Å². The zero-order chi connectivity index (χ0) is 18.0. The van der Waals surface area contributed by atoms with Gasteiger partial charge in [0, 0.05) is 14.9 Å². The molecular formula is C19H21BrN2O2S. The van der Waals surface area contributed by atoms with Gasteiger partial charge in [-0.3, -0.25) is 9.59 Å². The van der Waals surface area contributed by atoms with E-state index in [2.05, 4.69) is 28.2 Å². The van der Waals surface area contributed by atoms with E-state index < -0.39 is 5.91 Å². The zero-order valence-corrected chi connectivity index (χ0v) is 16.5. The van der Waals surface area contributed by atoms with Crippen molar-refractivity contribution < 1.29 is 9.59 Å². The molecule has 1 atom stereocenters. The average molecular weight is 421 g/mol. The fraction of sp³-hybridized carbons (Fsp3) is 0.368. The summed E-state index contributed by atoms with van der Waals surface area (Å²) in [6.45, 7) is 2.20. The lowest BCUT2D eigenvalue weighted by Gasteiger charge is -2.21. The molecule has 25 heavy (non-hydrogen) atoms. The van der Waals surface area contributed by atoms with Gasteiger partial charge in [0.1, 0.15) is 5.00 Å². The third-order valence-corrected chi connectivity index (χ3v) is 6.34.